The minimum Gasteiger partial charge on any atom is -0.394 e. The average Bonchev–Trinajstić information content (AvgIpc) is 2.79. The summed E-state index contributed by atoms with van der Waals surface area (Å²) in [5.74, 6) is 0.0149. The van der Waals surface area contributed by atoms with Crippen LogP contribution in [0.25, 0.3) is 0 Å². The first-order chi connectivity index (χ1) is 8.02. The van der Waals surface area contributed by atoms with Crippen molar-refractivity contribution < 1.29 is 14.6 Å². The standard InChI is InChI=1S/C12H17NO3S/c1-12(2)8-13(5-10(6-14)16-12)11(15)9-3-4-17-7-9/h3-4,7,10,14H,5-6,8H2,1-2H3. The topological polar surface area (TPSA) is 49.8 Å². The molecule has 1 N–H and O–H groups in total. The van der Waals surface area contributed by atoms with Crippen LogP contribution in [-0.2, 0) is 4.74 Å². The van der Waals surface area contributed by atoms with Crippen molar-refractivity contribution in [2.24, 2.45) is 0 Å². The molecule has 0 aliphatic carbocycles. The van der Waals surface area contributed by atoms with E-state index in [4.69, 9.17) is 4.74 Å². The normalized spacial score (nSPS) is 23.7. The van der Waals surface area contributed by atoms with Crippen molar-refractivity contribution in [3.05, 3.63) is 22.4 Å². The van der Waals surface area contributed by atoms with Gasteiger partial charge in [0, 0.05) is 18.5 Å². The lowest BCUT2D eigenvalue weighted by molar-refractivity contribution is -0.139. The largest absolute Gasteiger partial charge is 0.394 e. The number of morpholine rings is 1. The predicted octanol–water partition coefficient (Wildman–Crippen LogP) is 1.36. The Morgan fingerprint density at radius 3 is 3.06 bits per heavy atom. The van der Waals surface area contributed by atoms with Crippen LogP contribution in [-0.4, -0.2) is 47.3 Å². The van der Waals surface area contributed by atoms with E-state index in [9.17, 15) is 9.90 Å². The van der Waals surface area contributed by atoms with Crippen LogP contribution < -0.4 is 0 Å². The Balaban J connectivity index is 2.12. The molecular formula is C12H17NO3S. The number of hydrogen-bond donors (Lipinski definition) is 1. The van der Waals surface area contributed by atoms with Crippen LogP contribution >= 0.6 is 11.3 Å². The van der Waals surface area contributed by atoms with E-state index in [0.29, 0.717) is 18.7 Å². The van der Waals surface area contributed by atoms with Gasteiger partial charge in [0.15, 0.2) is 0 Å². The third-order valence-corrected chi connectivity index (χ3v) is 3.42. The van der Waals surface area contributed by atoms with E-state index in [1.807, 2.05) is 30.7 Å². The minimum atomic E-state index is -0.405. The van der Waals surface area contributed by atoms with E-state index >= 15 is 0 Å². The van der Waals surface area contributed by atoms with Crippen molar-refractivity contribution in [1.82, 2.24) is 4.90 Å². The molecule has 2 heterocycles. The van der Waals surface area contributed by atoms with Gasteiger partial charge >= 0.3 is 0 Å². The van der Waals surface area contributed by atoms with Gasteiger partial charge in [-0.3, -0.25) is 4.79 Å². The highest BCUT2D eigenvalue weighted by atomic mass is 32.1. The molecule has 5 heteroatoms. The van der Waals surface area contributed by atoms with E-state index in [0.717, 1.165) is 0 Å². The summed E-state index contributed by atoms with van der Waals surface area (Å²) < 4.78 is 5.68. The van der Waals surface area contributed by atoms with Crippen molar-refractivity contribution >= 4 is 17.2 Å². The maximum atomic E-state index is 12.2. The van der Waals surface area contributed by atoms with Gasteiger partial charge in [-0.2, -0.15) is 11.3 Å². The van der Waals surface area contributed by atoms with Crippen molar-refractivity contribution in [2.75, 3.05) is 19.7 Å². The molecule has 0 bridgehead atoms. The number of aliphatic hydroxyl groups is 1. The SMILES string of the molecule is CC1(C)CN(C(=O)c2ccsc2)CC(CO)O1. The molecule has 1 atom stereocenters. The lowest BCUT2D eigenvalue weighted by atomic mass is 10.0. The Bertz CT molecular complexity index is 388. The van der Waals surface area contributed by atoms with Crippen molar-refractivity contribution in [3.8, 4) is 0 Å². The molecule has 1 amide bonds. The van der Waals surface area contributed by atoms with Crippen molar-refractivity contribution in [1.29, 1.82) is 0 Å². The summed E-state index contributed by atoms with van der Waals surface area (Å²) in [6, 6.07) is 1.82. The Labute approximate surface area is 105 Å². The fraction of sp³-hybridized carbons (Fsp3) is 0.583. The number of rotatable bonds is 2. The number of thiophene rings is 1. The van der Waals surface area contributed by atoms with Crippen LogP contribution in [0.2, 0.25) is 0 Å². The maximum Gasteiger partial charge on any atom is 0.254 e. The highest BCUT2D eigenvalue weighted by Crippen LogP contribution is 2.22. The summed E-state index contributed by atoms with van der Waals surface area (Å²) in [6.07, 6.45) is -0.290. The third kappa shape index (κ3) is 2.86. The quantitative estimate of drug-likeness (QED) is 0.868. The van der Waals surface area contributed by atoms with Gasteiger partial charge in [-0.15, -0.1) is 0 Å². The van der Waals surface area contributed by atoms with Crippen LogP contribution in [0.3, 0.4) is 0 Å². The van der Waals surface area contributed by atoms with E-state index < -0.39 is 5.60 Å². The zero-order valence-electron chi connectivity index (χ0n) is 10.0. The molecule has 1 unspecified atom stereocenters. The van der Waals surface area contributed by atoms with E-state index in [1.165, 1.54) is 11.3 Å². The zero-order chi connectivity index (χ0) is 12.5. The Morgan fingerprint density at radius 1 is 1.71 bits per heavy atom. The Kier molecular flexibility index (Phi) is 3.51. The van der Waals surface area contributed by atoms with Crippen LogP contribution in [0.1, 0.15) is 24.2 Å². The first kappa shape index (κ1) is 12.5. The van der Waals surface area contributed by atoms with Crippen LogP contribution in [0.4, 0.5) is 0 Å². The van der Waals surface area contributed by atoms with Gasteiger partial charge < -0.3 is 14.7 Å². The molecule has 1 aliphatic rings. The fourth-order valence-corrected chi connectivity index (χ4v) is 2.74. The molecule has 2 rings (SSSR count). The summed E-state index contributed by atoms with van der Waals surface area (Å²) in [7, 11) is 0. The third-order valence-electron chi connectivity index (χ3n) is 2.74. The average molecular weight is 255 g/mol. The number of carbonyl (C=O) groups excluding carboxylic acids is 1. The summed E-state index contributed by atoms with van der Waals surface area (Å²) in [6.45, 7) is 4.81. The Hall–Kier alpha value is -0.910. The molecule has 1 aromatic heterocycles. The van der Waals surface area contributed by atoms with Gasteiger partial charge in [0.25, 0.3) is 5.91 Å². The highest BCUT2D eigenvalue weighted by molar-refractivity contribution is 7.08. The lowest BCUT2D eigenvalue weighted by Crippen LogP contribution is -2.55. The molecule has 1 saturated heterocycles. The second-order valence-electron chi connectivity index (χ2n) is 4.88. The first-order valence-electron chi connectivity index (χ1n) is 5.62. The van der Waals surface area contributed by atoms with E-state index in [-0.39, 0.29) is 18.6 Å². The second kappa shape index (κ2) is 4.76. The zero-order valence-corrected chi connectivity index (χ0v) is 10.9. The minimum absolute atomic E-state index is 0.0149. The van der Waals surface area contributed by atoms with Crippen molar-refractivity contribution in [3.63, 3.8) is 0 Å². The summed E-state index contributed by atoms with van der Waals surface area (Å²) in [5.41, 5.74) is 0.307. The van der Waals surface area contributed by atoms with Gasteiger partial charge in [-0.05, 0) is 25.3 Å². The summed E-state index contributed by atoms with van der Waals surface area (Å²) in [5, 5.41) is 12.9. The number of aliphatic hydroxyl groups excluding tert-OH is 1. The molecule has 1 aromatic rings. The smallest absolute Gasteiger partial charge is 0.254 e. The fourth-order valence-electron chi connectivity index (χ4n) is 2.11. The molecule has 0 aromatic carbocycles. The molecule has 4 nitrogen and oxygen atoms in total. The number of nitrogens with zero attached hydrogens (tertiary/aromatic N) is 1. The van der Waals surface area contributed by atoms with Gasteiger partial charge in [0.1, 0.15) is 0 Å². The molecule has 1 aliphatic heterocycles. The highest BCUT2D eigenvalue weighted by Gasteiger charge is 2.35. The number of hydrogen-bond acceptors (Lipinski definition) is 4. The van der Waals surface area contributed by atoms with Crippen LogP contribution in [0.5, 0.6) is 0 Å². The molecule has 1 fully saturated rings. The molecule has 94 valence electrons. The predicted molar refractivity (Wildman–Crippen MR) is 66.3 cm³/mol. The second-order valence-corrected chi connectivity index (χ2v) is 5.66. The summed E-state index contributed by atoms with van der Waals surface area (Å²) >= 11 is 1.51. The number of ether oxygens (including phenoxy) is 1. The number of carbonyl (C=O) groups is 1. The van der Waals surface area contributed by atoms with Gasteiger partial charge in [-0.25, -0.2) is 0 Å². The Morgan fingerprint density at radius 2 is 2.47 bits per heavy atom. The summed E-state index contributed by atoms with van der Waals surface area (Å²) in [4.78, 5) is 14.0. The molecular weight excluding hydrogens is 238 g/mol. The maximum absolute atomic E-state index is 12.2. The van der Waals surface area contributed by atoms with Gasteiger partial charge in [0.05, 0.1) is 23.9 Å². The lowest BCUT2D eigenvalue weighted by Gasteiger charge is -2.42. The monoisotopic (exact) mass is 255 g/mol. The van der Waals surface area contributed by atoms with E-state index in [1.54, 1.807) is 4.90 Å². The van der Waals surface area contributed by atoms with Gasteiger partial charge in [-0.1, -0.05) is 0 Å². The number of amides is 1. The molecule has 0 saturated carbocycles. The van der Waals surface area contributed by atoms with Crippen LogP contribution in [0.15, 0.2) is 16.8 Å². The molecule has 17 heavy (non-hydrogen) atoms. The molecule has 0 radical (unpaired) electrons. The molecule has 0 spiro atoms. The van der Waals surface area contributed by atoms with Crippen molar-refractivity contribution in [2.45, 2.75) is 25.6 Å². The van der Waals surface area contributed by atoms with E-state index in [2.05, 4.69) is 0 Å². The van der Waals surface area contributed by atoms with Crippen LogP contribution in [0, 0.1) is 0 Å². The van der Waals surface area contributed by atoms with Gasteiger partial charge in [0.2, 0.25) is 0 Å². The first-order valence-corrected chi connectivity index (χ1v) is 6.56.